The number of thiophene rings is 1. The fourth-order valence-corrected chi connectivity index (χ4v) is 13.8. The van der Waals surface area contributed by atoms with Crippen molar-refractivity contribution >= 4 is 53.3 Å². The second-order valence-electron chi connectivity index (χ2n) is 11.2. The van der Waals surface area contributed by atoms with Crippen LogP contribution >= 0.6 is 33.1 Å². The Hall–Kier alpha value is -4.02. The van der Waals surface area contributed by atoms with Crippen molar-refractivity contribution in [3.8, 4) is 11.1 Å². The van der Waals surface area contributed by atoms with Crippen LogP contribution in [0.2, 0.25) is 0 Å². The Morgan fingerprint density at radius 2 is 1.09 bits per heavy atom. The number of hydrogen-bond donors (Lipinski definition) is 0. The van der Waals surface area contributed by atoms with Crippen LogP contribution in [0.15, 0.2) is 177 Å². The maximum absolute atomic E-state index is 2.53. The van der Waals surface area contributed by atoms with Gasteiger partial charge in [-0.15, -0.1) is 33.1 Å². The quantitative estimate of drug-likeness (QED) is 0.176. The van der Waals surface area contributed by atoms with Gasteiger partial charge in [0.15, 0.2) is 0 Å². The lowest BCUT2D eigenvalue weighted by Gasteiger charge is -2.42. The van der Waals surface area contributed by atoms with Gasteiger partial charge in [-0.2, -0.15) is 0 Å². The van der Waals surface area contributed by atoms with Crippen LogP contribution in [-0.2, 0) is 0 Å². The third kappa shape index (κ3) is 3.78. The number of hydrogen-bond acceptors (Lipinski definition) is 2. The Bertz CT molecular complexity index is 2060. The molecule has 0 N–H and O–H groups in total. The maximum Gasteiger partial charge on any atom is 0.0504 e. The number of benzene rings is 6. The van der Waals surface area contributed by atoms with E-state index in [4.69, 9.17) is 0 Å². The van der Waals surface area contributed by atoms with Gasteiger partial charge in [0.2, 0.25) is 0 Å². The Morgan fingerprint density at radius 3 is 1.77 bits per heavy atom. The van der Waals surface area contributed by atoms with Crippen LogP contribution in [0.1, 0.15) is 21.6 Å². The molecule has 2 atom stereocenters. The van der Waals surface area contributed by atoms with Gasteiger partial charge in [-0.1, -0.05) is 97.1 Å². The first-order chi connectivity index (χ1) is 21.3. The zero-order chi connectivity index (χ0) is 28.4. The predicted molar refractivity (Wildman–Crippen MR) is 187 cm³/mol. The van der Waals surface area contributed by atoms with Crippen molar-refractivity contribution in [1.29, 1.82) is 0 Å². The molecule has 2 aliphatic rings. The van der Waals surface area contributed by atoms with Gasteiger partial charge in [-0.05, 0) is 82.9 Å². The van der Waals surface area contributed by atoms with Crippen molar-refractivity contribution in [3.63, 3.8) is 0 Å². The predicted octanol–water partition coefficient (Wildman–Crippen LogP) is 12.5. The van der Waals surface area contributed by atoms with E-state index in [0.717, 1.165) is 0 Å². The van der Waals surface area contributed by atoms with E-state index >= 15 is 0 Å². The monoisotopic (exact) mass is 604 g/mol. The number of thioether (sulfide) groups is 1. The highest BCUT2D eigenvalue weighted by atomic mass is 32.3. The molecule has 0 amide bonds. The summed E-state index contributed by atoms with van der Waals surface area (Å²) in [4.78, 5) is 5.41. The highest BCUT2D eigenvalue weighted by Gasteiger charge is 2.37. The van der Waals surface area contributed by atoms with E-state index in [0.29, 0.717) is 10.5 Å². The number of fused-ring (bicyclic) bond motifs is 9. The molecule has 9 rings (SSSR count). The van der Waals surface area contributed by atoms with Crippen LogP contribution in [0.4, 0.5) is 0 Å². The van der Waals surface area contributed by atoms with Crippen LogP contribution in [0.5, 0.6) is 0 Å². The van der Waals surface area contributed by atoms with Gasteiger partial charge in [0, 0.05) is 45.0 Å². The minimum Gasteiger partial charge on any atom is -0.137 e. The minimum atomic E-state index is -1.76. The van der Waals surface area contributed by atoms with E-state index in [1.54, 1.807) is 5.56 Å². The van der Waals surface area contributed by atoms with Gasteiger partial charge >= 0.3 is 0 Å². The van der Waals surface area contributed by atoms with E-state index in [1.807, 2.05) is 11.3 Å². The van der Waals surface area contributed by atoms with E-state index in [-0.39, 0.29) is 0 Å². The molecule has 0 nitrogen and oxygen atoms in total. The maximum atomic E-state index is 2.53. The first-order valence-corrected chi connectivity index (χ1v) is 18.1. The summed E-state index contributed by atoms with van der Waals surface area (Å²) in [5, 5.41) is 3.72. The summed E-state index contributed by atoms with van der Waals surface area (Å²) >= 11 is 4.06. The van der Waals surface area contributed by atoms with Crippen LogP contribution < -0.4 is 0 Å². The van der Waals surface area contributed by atoms with Gasteiger partial charge in [-0.3, -0.25) is 0 Å². The lowest BCUT2D eigenvalue weighted by atomic mass is 9.89. The Labute approximate surface area is 262 Å². The first kappa shape index (κ1) is 25.5. The molecule has 2 bridgehead atoms. The lowest BCUT2D eigenvalue weighted by molar-refractivity contribution is 1.16. The molecule has 206 valence electrons. The molecular formula is C40H28S3. The molecular weight excluding hydrogens is 577 g/mol. The van der Waals surface area contributed by atoms with Crippen molar-refractivity contribution < 1.29 is 0 Å². The summed E-state index contributed by atoms with van der Waals surface area (Å²) in [6.45, 7) is 0. The second kappa shape index (κ2) is 10.0. The summed E-state index contributed by atoms with van der Waals surface area (Å²) < 4.78 is 2.84. The molecule has 2 aliphatic heterocycles. The zero-order valence-electron chi connectivity index (χ0n) is 23.4. The Balaban J connectivity index is 1.36. The van der Waals surface area contributed by atoms with Gasteiger partial charge in [0.05, 0.1) is 5.25 Å². The molecule has 0 saturated carbocycles. The highest BCUT2D eigenvalue weighted by molar-refractivity contribution is 8.34. The fourth-order valence-electron chi connectivity index (χ4n) is 7.03. The van der Waals surface area contributed by atoms with E-state index in [9.17, 15) is 0 Å². The summed E-state index contributed by atoms with van der Waals surface area (Å²) in [5.74, 6) is 0. The summed E-state index contributed by atoms with van der Waals surface area (Å²) in [6.07, 6.45) is 4.82. The van der Waals surface area contributed by atoms with Gasteiger partial charge in [0.25, 0.3) is 0 Å². The molecule has 7 aromatic rings. The van der Waals surface area contributed by atoms with E-state index in [2.05, 4.69) is 170 Å². The molecule has 0 fully saturated rings. The SMILES string of the molecule is C1=CC2SC1c1cc(-c3cccc(S(c4ccccc4)(c4ccccc4)c4ccccc4)c3)c3c(sc4ccccc43)c12. The van der Waals surface area contributed by atoms with Crippen molar-refractivity contribution in [2.45, 2.75) is 30.1 Å². The van der Waals surface area contributed by atoms with Crippen LogP contribution in [0.25, 0.3) is 31.3 Å². The third-order valence-corrected chi connectivity index (χ3v) is 15.3. The van der Waals surface area contributed by atoms with Gasteiger partial charge < -0.3 is 0 Å². The average molecular weight is 605 g/mol. The van der Waals surface area contributed by atoms with E-state index < -0.39 is 10.0 Å². The van der Waals surface area contributed by atoms with Crippen molar-refractivity contribution in [2.24, 2.45) is 0 Å². The number of rotatable bonds is 5. The molecule has 3 heterocycles. The molecule has 0 radical (unpaired) electrons. The minimum absolute atomic E-state index is 0.458. The molecule has 1 aromatic heterocycles. The van der Waals surface area contributed by atoms with Gasteiger partial charge in [0.1, 0.15) is 0 Å². The topological polar surface area (TPSA) is 0 Å². The van der Waals surface area contributed by atoms with Crippen LogP contribution in [0.3, 0.4) is 0 Å². The summed E-state index contributed by atoms with van der Waals surface area (Å²) in [7, 11) is -1.76. The zero-order valence-corrected chi connectivity index (χ0v) is 25.8. The van der Waals surface area contributed by atoms with E-state index in [1.165, 1.54) is 56.4 Å². The molecule has 43 heavy (non-hydrogen) atoms. The molecule has 0 spiro atoms. The normalized spacial score (nSPS) is 17.5. The van der Waals surface area contributed by atoms with Crippen molar-refractivity contribution in [3.05, 3.63) is 169 Å². The standard InChI is InChI=1S/C40H28S3/c1-4-14-28(15-5-1)43(29-16-6-2-7-17-29,30-18-8-3-9-19-30)31-20-12-13-27(25-31)33-26-34-36-23-24-37(41-36)39(34)40-38(33)32-21-10-11-22-35(32)42-40/h1-26,36-37H. The van der Waals surface area contributed by atoms with Gasteiger partial charge in [-0.25, -0.2) is 0 Å². The Kier molecular flexibility index (Phi) is 5.94. The fraction of sp³-hybridized carbons (Fsp3) is 0.0500. The molecule has 0 aliphatic carbocycles. The highest BCUT2D eigenvalue weighted by Crippen LogP contribution is 2.73. The summed E-state index contributed by atoms with van der Waals surface area (Å²) in [5.41, 5.74) is 5.71. The molecule has 6 aromatic carbocycles. The van der Waals surface area contributed by atoms with Crippen molar-refractivity contribution in [2.75, 3.05) is 0 Å². The smallest absolute Gasteiger partial charge is 0.0504 e. The largest absolute Gasteiger partial charge is 0.137 e. The Morgan fingerprint density at radius 1 is 0.512 bits per heavy atom. The second-order valence-corrected chi connectivity index (χ2v) is 16.6. The molecule has 2 unspecified atom stereocenters. The lowest BCUT2D eigenvalue weighted by Crippen LogP contribution is -2.05. The molecule has 0 saturated heterocycles. The third-order valence-electron chi connectivity index (χ3n) is 8.85. The summed E-state index contributed by atoms with van der Waals surface area (Å²) in [6, 6.07) is 54.4. The van der Waals surface area contributed by atoms with Crippen LogP contribution in [0, 0.1) is 0 Å². The average Bonchev–Trinajstić information content (AvgIpc) is 3.81. The first-order valence-electron chi connectivity index (χ1n) is 14.7. The molecule has 3 heteroatoms. The van der Waals surface area contributed by atoms with Crippen LogP contribution in [-0.4, -0.2) is 0 Å². The van der Waals surface area contributed by atoms with Crippen molar-refractivity contribution in [1.82, 2.24) is 0 Å².